The fourth-order valence-corrected chi connectivity index (χ4v) is 2.31. The minimum Gasteiger partial charge on any atom is -0.357 e. The molecule has 1 unspecified atom stereocenters. The Morgan fingerprint density at radius 2 is 2.09 bits per heavy atom. The average Bonchev–Trinajstić information content (AvgIpc) is 2.82. The minimum absolute atomic E-state index is 0. The van der Waals surface area contributed by atoms with Gasteiger partial charge in [0.05, 0.1) is 0 Å². The summed E-state index contributed by atoms with van der Waals surface area (Å²) in [5.41, 5.74) is 0.985. The van der Waals surface area contributed by atoms with Crippen LogP contribution in [-0.4, -0.2) is 28.4 Å². The van der Waals surface area contributed by atoms with Crippen LogP contribution in [0.5, 0.6) is 0 Å². The molecule has 0 aliphatic heterocycles. The number of likely N-dealkylation sites (N-methyl/N-ethyl adjacent to an activating group) is 1. The first-order valence-electron chi connectivity index (χ1n) is 7.34. The van der Waals surface area contributed by atoms with Crippen molar-refractivity contribution >= 4 is 23.2 Å². The molecule has 1 amide bonds. The Labute approximate surface area is 178 Å². The van der Waals surface area contributed by atoms with Gasteiger partial charge < -0.3 is 19.2 Å². The third kappa shape index (κ3) is 4.87. The van der Waals surface area contributed by atoms with Crippen molar-refractivity contribution in [3.8, 4) is 0 Å². The summed E-state index contributed by atoms with van der Waals surface area (Å²) in [6.07, 6.45) is 1.26. The van der Waals surface area contributed by atoms with Gasteiger partial charge in [0, 0.05) is 20.5 Å². The van der Waals surface area contributed by atoms with Crippen LogP contribution in [0.15, 0.2) is 23.0 Å². The predicted molar refractivity (Wildman–Crippen MR) is 85.8 cm³/mol. The van der Waals surface area contributed by atoms with Crippen molar-refractivity contribution in [1.82, 2.24) is 14.5 Å². The van der Waals surface area contributed by atoms with Crippen molar-refractivity contribution in [2.75, 3.05) is 7.05 Å². The van der Waals surface area contributed by atoms with Gasteiger partial charge in [-0.3, -0.25) is 4.79 Å². The Morgan fingerprint density at radius 3 is 2.65 bits per heavy atom. The van der Waals surface area contributed by atoms with Crippen molar-refractivity contribution in [2.45, 2.75) is 32.7 Å². The topological polar surface area (TPSA) is 73.1 Å². The molecule has 7 heteroatoms. The molecule has 0 bridgehead atoms. The molecule has 1 N–H and O–H groups in total. The van der Waals surface area contributed by atoms with Crippen LogP contribution in [0.2, 0.25) is 0 Å². The normalized spacial score (nSPS) is 11.0. The molecule has 6 nitrogen and oxygen atoms in total. The molecule has 2 aromatic rings. The second kappa shape index (κ2) is 10.9. The summed E-state index contributed by atoms with van der Waals surface area (Å²) in [5.74, 6) is -0.287. The number of hydrogen-bond donors (Lipinski definition) is 1. The zero-order valence-electron chi connectivity index (χ0n) is 14.4. The maximum Gasteiger partial charge on any atom is 1.00 e. The van der Waals surface area contributed by atoms with E-state index in [2.05, 4.69) is 11.4 Å². The van der Waals surface area contributed by atoms with Crippen LogP contribution in [-0.2, 0) is 16.6 Å². The number of imidazole rings is 1. The number of nitrogens with one attached hydrogen (secondary N) is 1. The molecule has 0 aliphatic carbocycles. The van der Waals surface area contributed by atoms with Crippen LogP contribution in [0.3, 0.4) is 0 Å². The quantitative estimate of drug-likeness (QED) is 0.405. The molecular weight excluding hydrogens is 321 g/mol. The Hall–Kier alpha value is -0.734. The molecule has 1 heterocycles. The Kier molecular flexibility index (Phi) is 10.6. The summed E-state index contributed by atoms with van der Waals surface area (Å²) in [6, 6.07) is 7.54. The van der Waals surface area contributed by atoms with Gasteiger partial charge in [0.1, 0.15) is 12.3 Å². The van der Waals surface area contributed by atoms with E-state index in [1.807, 2.05) is 13.8 Å². The monoisotopic (exact) mass is 343 g/mol. The van der Waals surface area contributed by atoms with Gasteiger partial charge in [0.25, 0.3) is 0 Å². The number of nitrogens with zero attached hydrogens (tertiary/aromatic N) is 2. The number of carbonyl (C=O) groups excluding carboxylic acids is 2. The number of benzene rings is 1. The van der Waals surface area contributed by atoms with E-state index in [9.17, 15) is 14.4 Å². The number of hydrogen-bond acceptors (Lipinski definition) is 3. The number of aryl methyl sites for hydroxylation is 1. The zero-order chi connectivity index (χ0) is 16.7. The summed E-state index contributed by atoms with van der Waals surface area (Å²) in [4.78, 5) is 34.9. The van der Waals surface area contributed by atoms with Crippen LogP contribution in [0.4, 0.5) is 0 Å². The molecule has 1 aromatic carbocycles. The fourth-order valence-electron chi connectivity index (χ4n) is 2.31. The van der Waals surface area contributed by atoms with Crippen LogP contribution in [0.1, 0.15) is 32.7 Å². The Balaban J connectivity index is 0.00000155. The van der Waals surface area contributed by atoms with Crippen LogP contribution in [0.25, 0.3) is 11.0 Å². The summed E-state index contributed by atoms with van der Waals surface area (Å²) < 4.78 is 2.88. The van der Waals surface area contributed by atoms with Crippen molar-refractivity contribution in [1.29, 1.82) is 0 Å². The van der Waals surface area contributed by atoms with Crippen LogP contribution < -0.4 is 62.4 Å². The molecule has 2 rings (SSSR count). The molecule has 0 fully saturated rings. The van der Waals surface area contributed by atoms with Gasteiger partial charge >= 0.3 is 57.1 Å². The molecule has 0 aliphatic rings. The number of aldehydes is 1. The fraction of sp³-hybridized carbons (Fsp3) is 0.438. The van der Waals surface area contributed by atoms with Gasteiger partial charge in [-0.25, -0.2) is 4.79 Å². The first-order chi connectivity index (χ1) is 10.6. The van der Waals surface area contributed by atoms with Gasteiger partial charge in [0.15, 0.2) is 0 Å². The predicted octanol–water partition coefficient (Wildman–Crippen LogP) is -1.56. The van der Waals surface area contributed by atoms with E-state index in [-0.39, 0.29) is 75.8 Å². The standard InChI is InChI=1S/C14H16N3O3.C2H6.K/c1-15-13(19)12(8-5-9-18)17-11-7-4-3-6-10(11)16(2)14(17)20;1-2;/h3-4,7,9,12H,5,8H2,1-2H3,(H,15,19);1-2H3;/q-1;;+1. The molecule has 0 radical (unpaired) electrons. The van der Waals surface area contributed by atoms with E-state index in [4.69, 9.17) is 0 Å². The van der Waals surface area contributed by atoms with Crippen LogP contribution in [0, 0.1) is 6.07 Å². The van der Waals surface area contributed by atoms with E-state index in [1.54, 1.807) is 25.2 Å². The van der Waals surface area contributed by atoms with Gasteiger partial charge in [-0.1, -0.05) is 13.8 Å². The summed E-state index contributed by atoms with van der Waals surface area (Å²) in [6.45, 7) is 4.00. The third-order valence-electron chi connectivity index (χ3n) is 3.32. The molecular formula is C16H22KN3O3. The number of rotatable bonds is 5. The van der Waals surface area contributed by atoms with E-state index < -0.39 is 6.04 Å². The molecule has 0 saturated heterocycles. The number of para-hydroxylation sites is 1. The number of aromatic nitrogens is 2. The maximum absolute atomic E-state index is 12.4. The van der Waals surface area contributed by atoms with Gasteiger partial charge in [-0.05, 0) is 17.5 Å². The first kappa shape index (κ1) is 22.3. The smallest absolute Gasteiger partial charge is 0.357 e. The Morgan fingerprint density at radius 1 is 1.43 bits per heavy atom. The third-order valence-corrected chi connectivity index (χ3v) is 3.32. The molecule has 1 atom stereocenters. The zero-order valence-corrected chi connectivity index (χ0v) is 17.5. The van der Waals surface area contributed by atoms with Crippen molar-refractivity contribution in [3.05, 3.63) is 34.7 Å². The SMILES string of the molecule is CC.CNC(=O)C(CCC=O)n1c(=O)n(C)c2[c-]cccc21.[K+]. The minimum atomic E-state index is -0.697. The molecule has 0 saturated carbocycles. The molecule has 0 spiro atoms. The summed E-state index contributed by atoms with van der Waals surface area (Å²) >= 11 is 0. The molecule has 120 valence electrons. The number of amides is 1. The van der Waals surface area contributed by atoms with E-state index >= 15 is 0 Å². The largest absolute Gasteiger partial charge is 1.00 e. The molecule has 23 heavy (non-hydrogen) atoms. The number of carbonyl (C=O) groups is 2. The van der Waals surface area contributed by atoms with Crippen molar-refractivity contribution in [3.63, 3.8) is 0 Å². The average molecular weight is 343 g/mol. The summed E-state index contributed by atoms with van der Waals surface area (Å²) in [5, 5.41) is 2.54. The van der Waals surface area contributed by atoms with Gasteiger partial charge in [-0.2, -0.15) is 18.2 Å². The second-order valence-electron chi connectivity index (χ2n) is 4.49. The second-order valence-corrected chi connectivity index (χ2v) is 4.49. The van der Waals surface area contributed by atoms with Gasteiger partial charge in [0.2, 0.25) is 5.91 Å². The van der Waals surface area contributed by atoms with Crippen molar-refractivity contribution < 1.29 is 61.0 Å². The summed E-state index contributed by atoms with van der Waals surface area (Å²) in [7, 11) is 3.15. The van der Waals surface area contributed by atoms with Gasteiger partial charge in [-0.15, -0.1) is 6.07 Å². The number of fused-ring (bicyclic) bond motifs is 1. The maximum atomic E-state index is 12.4. The van der Waals surface area contributed by atoms with Crippen LogP contribution >= 0.6 is 0 Å². The van der Waals surface area contributed by atoms with E-state index in [0.717, 1.165) is 6.29 Å². The first-order valence-corrected chi connectivity index (χ1v) is 7.34. The van der Waals surface area contributed by atoms with E-state index in [1.165, 1.54) is 16.2 Å². The van der Waals surface area contributed by atoms with E-state index in [0.29, 0.717) is 11.0 Å². The Bertz CT molecular complexity index is 706. The molecule has 1 aromatic heterocycles. The van der Waals surface area contributed by atoms with Crippen molar-refractivity contribution in [2.24, 2.45) is 7.05 Å².